The number of hydrogen-bond donors (Lipinski definition) is 1. The Balaban J connectivity index is 2.22. The van der Waals surface area contributed by atoms with Gasteiger partial charge < -0.3 is 10.6 Å². The van der Waals surface area contributed by atoms with Crippen molar-refractivity contribution in [1.29, 1.82) is 0 Å². The van der Waals surface area contributed by atoms with E-state index in [-0.39, 0.29) is 0 Å². The summed E-state index contributed by atoms with van der Waals surface area (Å²) in [5, 5.41) is 0. The quantitative estimate of drug-likeness (QED) is 0.843. The van der Waals surface area contributed by atoms with Crippen molar-refractivity contribution in [3.05, 3.63) is 16.5 Å². The molecule has 2 heterocycles. The second-order valence-corrected chi connectivity index (χ2v) is 4.43. The van der Waals surface area contributed by atoms with Crippen molar-refractivity contribution in [3.63, 3.8) is 0 Å². The number of aromatic nitrogens is 2. The minimum atomic E-state index is 0.628. The number of nitrogens with two attached hydrogens (primary N) is 1. The number of rotatable bonds is 3. The highest BCUT2D eigenvalue weighted by molar-refractivity contribution is 9.10. The fourth-order valence-corrected chi connectivity index (χ4v) is 2.25. The number of nitrogens with zero attached hydrogens (tertiary/aromatic N) is 3. The standard InChI is InChI=1S/C10H15BrN4/c11-10-13-8(3-4-12)7-9(14-10)15-5-1-2-6-15/h7H,1-6,12H2. The number of anilines is 1. The molecule has 0 aromatic carbocycles. The lowest BCUT2D eigenvalue weighted by atomic mass is 10.3. The van der Waals surface area contributed by atoms with Crippen molar-refractivity contribution in [2.75, 3.05) is 24.5 Å². The Morgan fingerprint density at radius 3 is 2.73 bits per heavy atom. The van der Waals surface area contributed by atoms with Crippen LogP contribution in [-0.2, 0) is 6.42 Å². The van der Waals surface area contributed by atoms with Gasteiger partial charge in [-0.3, -0.25) is 0 Å². The molecule has 1 aliphatic rings. The molecule has 82 valence electrons. The molecule has 0 bridgehead atoms. The van der Waals surface area contributed by atoms with Crippen molar-refractivity contribution < 1.29 is 0 Å². The molecule has 0 spiro atoms. The van der Waals surface area contributed by atoms with Crippen LogP contribution in [0.2, 0.25) is 0 Å². The van der Waals surface area contributed by atoms with Crippen LogP contribution < -0.4 is 10.6 Å². The van der Waals surface area contributed by atoms with E-state index < -0.39 is 0 Å². The maximum Gasteiger partial charge on any atom is 0.198 e. The Hall–Kier alpha value is -0.680. The minimum absolute atomic E-state index is 0.628. The second-order valence-electron chi connectivity index (χ2n) is 3.72. The van der Waals surface area contributed by atoms with Crippen molar-refractivity contribution in [2.45, 2.75) is 19.3 Å². The molecule has 0 unspecified atom stereocenters. The Morgan fingerprint density at radius 2 is 2.07 bits per heavy atom. The van der Waals surface area contributed by atoms with Gasteiger partial charge >= 0.3 is 0 Å². The molecule has 0 aliphatic carbocycles. The van der Waals surface area contributed by atoms with E-state index in [2.05, 4.69) is 30.8 Å². The predicted molar refractivity (Wildman–Crippen MR) is 63.9 cm³/mol. The molecule has 1 aromatic rings. The third-order valence-corrected chi connectivity index (χ3v) is 2.92. The summed E-state index contributed by atoms with van der Waals surface area (Å²) in [7, 11) is 0. The average molecular weight is 271 g/mol. The molecule has 2 N–H and O–H groups in total. The smallest absolute Gasteiger partial charge is 0.198 e. The van der Waals surface area contributed by atoms with E-state index in [0.717, 1.165) is 31.0 Å². The van der Waals surface area contributed by atoms with E-state index in [0.29, 0.717) is 11.3 Å². The summed E-state index contributed by atoms with van der Waals surface area (Å²) in [4.78, 5) is 11.0. The molecule has 15 heavy (non-hydrogen) atoms. The lowest BCUT2D eigenvalue weighted by molar-refractivity contribution is 0.867. The monoisotopic (exact) mass is 270 g/mol. The highest BCUT2D eigenvalue weighted by Crippen LogP contribution is 2.20. The van der Waals surface area contributed by atoms with Crippen molar-refractivity contribution in [3.8, 4) is 0 Å². The molecule has 1 fully saturated rings. The van der Waals surface area contributed by atoms with Crippen molar-refractivity contribution in [1.82, 2.24) is 9.97 Å². The van der Waals surface area contributed by atoms with Crippen LogP contribution >= 0.6 is 15.9 Å². The minimum Gasteiger partial charge on any atom is -0.356 e. The average Bonchev–Trinajstić information content (AvgIpc) is 2.70. The summed E-state index contributed by atoms with van der Waals surface area (Å²) >= 11 is 3.34. The first-order valence-electron chi connectivity index (χ1n) is 5.28. The van der Waals surface area contributed by atoms with Gasteiger partial charge in [0.15, 0.2) is 4.73 Å². The first-order chi connectivity index (χ1) is 7.29. The molecule has 0 saturated carbocycles. The van der Waals surface area contributed by atoms with E-state index in [4.69, 9.17) is 5.73 Å². The van der Waals surface area contributed by atoms with Gasteiger partial charge in [-0.05, 0) is 35.3 Å². The third-order valence-electron chi connectivity index (χ3n) is 2.57. The second kappa shape index (κ2) is 4.90. The largest absolute Gasteiger partial charge is 0.356 e. The molecule has 0 atom stereocenters. The lowest BCUT2D eigenvalue weighted by Crippen LogP contribution is -2.20. The highest BCUT2D eigenvalue weighted by atomic mass is 79.9. The fraction of sp³-hybridized carbons (Fsp3) is 0.600. The van der Waals surface area contributed by atoms with Gasteiger partial charge in [0.05, 0.1) is 0 Å². The normalized spacial score (nSPS) is 16.0. The lowest BCUT2D eigenvalue weighted by Gasteiger charge is -2.16. The maximum atomic E-state index is 5.52. The molecule has 4 nitrogen and oxygen atoms in total. The number of hydrogen-bond acceptors (Lipinski definition) is 4. The third kappa shape index (κ3) is 2.66. The summed E-state index contributed by atoms with van der Waals surface area (Å²) in [6.45, 7) is 2.83. The topological polar surface area (TPSA) is 55.0 Å². The van der Waals surface area contributed by atoms with Gasteiger partial charge in [0.25, 0.3) is 0 Å². The van der Waals surface area contributed by atoms with Crippen LogP contribution in [0.15, 0.2) is 10.8 Å². The van der Waals surface area contributed by atoms with Crippen LogP contribution in [0.25, 0.3) is 0 Å². The fourth-order valence-electron chi connectivity index (χ4n) is 1.84. The van der Waals surface area contributed by atoms with Gasteiger partial charge in [0.1, 0.15) is 5.82 Å². The van der Waals surface area contributed by atoms with Gasteiger partial charge in [-0.1, -0.05) is 0 Å². The zero-order chi connectivity index (χ0) is 10.7. The zero-order valence-electron chi connectivity index (χ0n) is 8.62. The molecular formula is C10H15BrN4. The Bertz CT molecular complexity index is 336. The summed E-state index contributed by atoms with van der Waals surface area (Å²) in [6, 6.07) is 2.04. The molecule has 1 aromatic heterocycles. The first kappa shape index (κ1) is 10.8. The molecule has 0 radical (unpaired) electrons. The van der Waals surface area contributed by atoms with Gasteiger partial charge in [-0.25, -0.2) is 9.97 Å². The molecule has 1 aliphatic heterocycles. The van der Waals surface area contributed by atoms with Crippen molar-refractivity contribution >= 4 is 21.7 Å². The van der Waals surface area contributed by atoms with E-state index in [1.165, 1.54) is 12.8 Å². The van der Waals surface area contributed by atoms with E-state index >= 15 is 0 Å². The van der Waals surface area contributed by atoms with Crippen LogP contribution in [0.3, 0.4) is 0 Å². The highest BCUT2D eigenvalue weighted by Gasteiger charge is 2.14. The first-order valence-corrected chi connectivity index (χ1v) is 6.07. The summed E-state index contributed by atoms with van der Waals surface area (Å²) in [5.74, 6) is 1.03. The number of halogens is 1. The predicted octanol–water partition coefficient (Wildman–Crippen LogP) is 1.34. The van der Waals surface area contributed by atoms with Crippen LogP contribution in [0.1, 0.15) is 18.5 Å². The molecule has 0 amide bonds. The molecule has 5 heteroatoms. The molecular weight excluding hydrogens is 256 g/mol. The van der Waals surface area contributed by atoms with Gasteiger partial charge in [0.2, 0.25) is 0 Å². The van der Waals surface area contributed by atoms with Gasteiger partial charge in [-0.15, -0.1) is 0 Å². The Labute approximate surface area is 98.0 Å². The van der Waals surface area contributed by atoms with Crippen molar-refractivity contribution in [2.24, 2.45) is 5.73 Å². The van der Waals surface area contributed by atoms with Crippen LogP contribution in [0, 0.1) is 0 Å². The molecule has 1 saturated heterocycles. The Morgan fingerprint density at radius 1 is 1.33 bits per heavy atom. The Kier molecular flexibility index (Phi) is 3.53. The van der Waals surface area contributed by atoms with Gasteiger partial charge in [0, 0.05) is 31.3 Å². The van der Waals surface area contributed by atoms with Crippen LogP contribution in [0.5, 0.6) is 0 Å². The summed E-state index contributed by atoms with van der Waals surface area (Å²) < 4.78 is 0.662. The zero-order valence-corrected chi connectivity index (χ0v) is 10.2. The van der Waals surface area contributed by atoms with Crippen LogP contribution in [-0.4, -0.2) is 29.6 Å². The van der Waals surface area contributed by atoms with E-state index in [9.17, 15) is 0 Å². The van der Waals surface area contributed by atoms with E-state index in [1.54, 1.807) is 0 Å². The summed E-state index contributed by atoms with van der Waals surface area (Å²) in [5.41, 5.74) is 6.54. The van der Waals surface area contributed by atoms with Crippen LogP contribution in [0.4, 0.5) is 5.82 Å². The van der Waals surface area contributed by atoms with E-state index in [1.807, 2.05) is 6.07 Å². The SMILES string of the molecule is NCCc1cc(N2CCCC2)nc(Br)n1. The maximum absolute atomic E-state index is 5.52. The molecule has 2 rings (SSSR count). The summed E-state index contributed by atoms with van der Waals surface area (Å²) in [6.07, 6.45) is 3.32. The van der Waals surface area contributed by atoms with Gasteiger partial charge in [-0.2, -0.15) is 0 Å².